The molecule has 0 aliphatic rings. The van der Waals surface area contributed by atoms with Crippen LogP contribution in [0.5, 0.6) is 0 Å². The Bertz CT molecular complexity index is 536. The zero-order valence-electron chi connectivity index (χ0n) is 9.68. The summed E-state index contributed by atoms with van der Waals surface area (Å²) in [6.45, 7) is 4.96. The summed E-state index contributed by atoms with van der Waals surface area (Å²) in [6.07, 6.45) is 0. The third kappa shape index (κ3) is 3.03. The average Bonchev–Trinajstić information content (AvgIpc) is 2.68. The molecule has 2 aromatic rings. The molecule has 0 saturated heterocycles. The Kier molecular flexibility index (Phi) is 4.13. The molecule has 1 N–H and O–H groups in total. The molecule has 0 aliphatic carbocycles. The van der Waals surface area contributed by atoms with Crippen LogP contribution in [0.2, 0.25) is 5.02 Å². The third-order valence-electron chi connectivity index (χ3n) is 2.66. The maximum atomic E-state index is 6.12. The summed E-state index contributed by atoms with van der Waals surface area (Å²) in [5, 5.41) is 6.31. The first-order valence-electron chi connectivity index (χ1n) is 5.30. The van der Waals surface area contributed by atoms with Crippen molar-refractivity contribution in [2.75, 3.05) is 5.32 Å². The van der Waals surface area contributed by atoms with Crippen molar-refractivity contribution >= 4 is 44.6 Å². The average molecular weight is 331 g/mol. The number of aryl methyl sites for hydroxylation is 2. The minimum absolute atomic E-state index is 0.790. The summed E-state index contributed by atoms with van der Waals surface area (Å²) in [5.74, 6) is 0. The molecule has 4 heteroatoms. The molecule has 0 saturated carbocycles. The van der Waals surface area contributed by atoms with E-state index in [4.69, 9.17) is 11.6 Å². The molecule has 2 rings (SSSR count). The first-order valence-corrected chi connectivity index (χ1v) is 7.35. The normalized spacial score (nSPS) is 10.6. The minimum atomic E-state index is 0.790. The zero-order valence-corrected chi connectivity index (χ0v) is 12.8. The lowest BCUT2D eigenvalue weighted by atomic mass is 10.2. The number of thiophene rings is 1. The van der Waals surface area contributed by atoms with Crippen LogP contribution in [0.15, 0.2) is 28.1 Å². The van der Waals surface area contributed by atoms with Crippen LogP contribution in [0.25, 0.3) is 0 Å². The van der Waals surface area contributed by atoms with Gasteiger partial charge in [-0.2, -0.15) is 0 Å². The highest BCUT2D eigenvalue weighted by atomic mass is 79.9. The van der Waals surface area contributed by atoms with Gasteiger partial charge < -0.3 is 5.32 Å². The standard InChI is InChI=1S/C13H13BrClNS/c1-8-3-4-17-13(8)7-16-12-6-11(15)9(2)5-10(12)14/h3-6,16H,7H2,1-2H3. The van der Waals surface area contributed by atoms with Crippen LogP contribution >= 0.6 is 38.9 Å². The van der Waals surface area contributed by atoms with Crippen molar-refractivity contribution in [3.8, 4) is 0 Å². The Morgan fingerprint density at radius 3 is 2.71 bits per heavy atom. The van der Waals surface area contributed by atoms with Gasteiger partial charge in [-0.15, -0.1) is 11.3 Å². The van der Waals surface area contributed by atoms with Gasteiger partial charge in [-0.1, -0.05) is 11.6 Å². The number of anilines is 1. The molecule has 1 heterocycles. The van der Waals surface area contributed by atoms with Crippen molar-refractivity contribution in [2.24, 2.45) is 0 Å². The van der Waals surface area contributed by atoms with E-state index in [1.54, 1.807) is 11.3 Å². The molecule has 1 aromatic heterocycles. The monoisotopic (exact) mass is 329 g/mol. The summed E-state index contributed by atoms with van der Waals surface area (Å²) in [6, 6.07) is 6.13. The minimum Gasteiger partial charge on any atom is -0.379 e. The lowest BCUT2D eigenvalue weighted by molar-refractivity contribution is 1.16. The van der Waals surface area contributed by atoms with Crippen molar-refractivity contribution in [2.45, 2.75) is 20.4 Å². The van der Waals surface area contributed by atoms with Crippen LogP contribution in [0, 0.1) is 13.8 Å². The van der Waals surface area contributed by atoms with E-state index < -0.39 is 0 Å². The van der Waals surface area contributed by atoms with Crippen molar-refractivity contribution in [3.63, 3.8) is 0 Å². The molecule has 0 bridgehead atoms. The number of rotatable bonds is 3. The van der Waals surface area contributed by atoms with E-state index >= 15 is 0 Å². The van der Waals surface area contributed by atoms with E-state index in [9.17, 15) is 0 Å². The molecular formula is C13H13BrClNS. The number of hydrogen-bond acceptors (Lipinski definition) is 2. The van der Waals surface area contributed by atoms with Crippen LogP contribution in [-0.4, -0.2) is 0 Å². The molecule has 17 heavy (non-hydrogen) atoms. The van der Waals surface area contributed by atoms with Crippen LogP contribution in [-0.2, 0) is 6.54 Å². The fourth-order valence-electron chi connectivity index (χ4n) is 1.54. The molecule has 0 amide bonds. The van der Waals surface area contributed by atoms with Gasteiger partial charge in [-0.25, -0.2) is 0 Å². The Morgan fingerprint density at radius 2 is 2.06 bits per heavy atom. The zero-order chi connectivity index (χ0) is 12.4. The summed E-state index contributed by atoms with van der Waals surface area (Å²) >= 11 is 11.4. The highest BCUT2D eigenvalue weighted by Crippen LogP contribution is 2.30. The number of halogens is 2. The van der Waals surface area contributed by atoms with Gasteiger partial charge in [0.1, 0.15) is 0 Å². The highest BCUT2D eigenvalue weighted by Gasteiger charge is 2.05. The Labute approximate surface area is 119 Å². The molecule has 0 atom stereocenters. The predicted molar refractivity (Wildman–Crippen MR) is 80.3 cm³/mol. The topological polar surface area (TPSA) is 12.0 Å². The molecule has 1 nitrogen and oxygen atoms in total. The Morgan fingerprint density at radius 1 is 1.29 bits per heavy atom. The molecule has 1 aromatic carbocycles. The van der Waals surface area contributed by atoms with Crippen molar-refractivity contribution in [3.05, 3.63) is 49.1 Å². The molecular weight excluding hydrogens is 318 g/mol. The van der Waals surface area contributed by atoms with Gasteiger partial charge in [0.05, 0.1) is 5.69 Å². The van der Waals surface area contributed by atoms with Gasteiger partial charge in [-0.05, 0) is 64.5 Å². The number of hydrogen-bond donors (Lipinski definition) is 1. The third-order valence-corrected chi connectivity index (χ3v) is 4.74. The lowest BCUT2D eigenvalue weighted by Crippen LogP contribution is -1.99. The molecule has 0 spiro atoms. The number of benzene rings is 1. The first-order chi connectivity index (χ1) is 8.08. The second kappa shape index (κ2) is 5.42. The second-order valence-electron chi connectivity index (χ2n) is 3.96. The van der Waals surface area contributed by atoms with Gasteiger partial charge in [-0.3, -0.25) is 0 Å². The van der Waals surface area contributed by atoms with E-state index in [2.05, 4.69) is 39.6 Å². The van der Waals surface area contributed by atoms with Crippen molar-refractivity contribution < 1.29 is 0 Å². The molecule has 0 radical (unpaired) electrons. The smallest absolute Gasteiger partial charge is 0.0502 e. The van der Waals surface area contributed by atoms with Crippen LogP contribution < -0.4 is 5.32 Å². The van der Waals surface area contributed by atoms with E-state index in [1.807, 2.05) is 19.1 Å². The van der Waals surface area contributed by atoms with Crippen LogP contribution in [0.1, 0.15) is 16.0 Å². The van der Waals surface area contributed by atoms with E-state index in [0.29, 0.717) is 0 Å². The summed E-state index contributed by atoms with van der Waals surface area (Å²) in [5.41, 5.74) is 3.45. The summed E-state index contributed by atoms with van der Waals surface area (Å²) in [7, 11) is 0. The van der Waals surface area contributed by atoms with Crippen molar-refractivity contribution in [1.82, 2.24) is 0 Å². The Hall–Kier alpha value is -0.510. The largest absolute Gasteiger partial charge is 0.379 e. The second-order valence-corrected chi connectivity index (χ2v) is 6.22. The Balaban J connectivity index is 2.14. The van der Waals surface area contributed by atoms with Gasteiger partial charge >= 0.3 is 0 Å². The maximum absolute atomic E-state index is 6.12. The molecule has 0 aliphatic heterocycles. The highest BCUT2D eigenvalue weighted by molar-refractivity contribution is 9.10. The lowest BCUT2D eigenvalue weighted by Gasteiger charge is -2.10. The number of nitrogens with one attached hydrogen (secondary N) is 1. The fourth-order valence-corrected chi connectivity index (χ4v) is 3.15. The van der Waals surface area contributed by atoms with E-state index in [0.717, 1.165) is 27.3 Å². The van der Waals surface area contributed by atoms with Crippen LogP contribution in [0.4, 0.5) is 5.69 Å². The first kappa shape index (κ1) is 12.9. The van der Waals surface area contributed by atoms with Crippen molar-refractivity contribution in [1.29, 1.82) is 0 Å². The van der Waals surface area contributed by atoms with Gasteiger partial charge in [0, 0.05) is 20.9 Å². The van der Waals surface area contributed by atoms with Gasteiger partial charge in [0.2, 0.25) is 0 Å². The summed E-state index contributed by atoms with van der Waals surface area (Å²) in [4.78, 5) is 1.36. The van der Waals surface area contributed by atoms with Gasteiger partial charge in [0.25, 0.3) is 0 Å². The van der Waals surface area contributed by atoms with E-state index in [1.165, 1.54) is 10.4 Å². The quantitative estimate of drug-likeness (QED) is 0.795. The SMILES string of the molecule is Cc1cc(Br)c(NCc2sccc2C)cc1Cl. The summed E-state index contributed by atoms with van der Waals surface area (Å²) < 4.78 is 1.05. The predicted octanol–water partition coefficient (Wildman–Crippen LogP) is 5.39. The van der Waals surface area contributed by atoms with Crippen LogP contribution in [0.3, 0.4) is 0 Å². The molecule has 0 unspecified atom stereocenters. The molecule has 0 fully saturated rings. The van der Waals surface area contributed by atoms with Gasteiger partial charge in [0.15, 0.2) is 0 Å². The maximum Gasteiger partial charge on any atom is 0.0502 e. The fraction of sp³-hybridized carbons (Fsp3) is 0.231. The molecule has 90 valence electrons. The van der Waals surface area contributed by atoms with E-state index in [-0.39, 0.29) is 0 Å².